The molecule has 1 aromatic carbocycles. The third-order valence-electron chi connectivity index (χ3n) is 1.58. The summed E-state index contributed by atoms with van der Waals surface area (Å²) in [5.41, 5.74) is 0.0864. The van der Waals surface area contributed by atoms with Crippen LogP contribution in [0.3, 0.4) is 0 Å². The van der Waals surface area contributed by atoms with E-state index < -0.39 is 11.7 Å². The first kappa shape index (κ1) is 10.1. The van der Waals surface area contributed by atoms with Crippen LogP contribution in [0.1, 0.15) is 11.1 Å². The minimum absolute atomic E-state index is 0.345. The average molecular weight is 187 g/mol. The van der Waals surface area contributed by atoms with Crippen LogP contribution in [0.5, 0.6) is 0 Å². The molecule has 1 rings (SSSR count). The first-order chi connectivity index (χ1) is 6.04. The SMILES string of the molecule is [CH2-][N]Cc1ccc(C(F)(F)F)cc1. The Balaban J connectivity index is 2.81. The van der Waals surface area contributed by atoms with Gasteiger partial charge in [0.15, 0.2) is 0 Å². The van der Waals surface area contributed by atoms with Crippen molar-refractivity contribution in [2.45, 2.75) is 12.7 Å². The van der Waals surface area contributed by atoms with Crippen molar-refractivity contribution in [2.75, 3.05) is 0 Å². The molecule has 0 bridgehead atoms. The molecule has 0 aliphatic heterocycles. The van der Waals surface area contributed by atoms with Crippen LogP contribution in [0.2, 0.25) is 0 Å². The first-order valence-corrected chi connectivity index (χ1v) is 3.62. The summed E-state index contributed by atoms with van der Waals surface area (Å²) in [5, 5.41) is 3.57. The molecule has 0 saturated carbocycles. The molecule has 0 saturated heterocycles. The fourth-order valence-electron chi connectivity index (χ4n) is 0.928. The Hall–Kier alpha value is -1.03. The zero-order chi connectivity index (χ0) is 9.90. The topological polar surface area (TPSA) is 14.1 Å². The lowest BCUT2D eigenvalue weighted by atomic mass is 10.1. The van der Waals surface area contributed by atoms with E-state index in [0.717, 1.165) is 17.7 Å². The molecule has 0 N–H and O–H groups in total. The lowest BCUT2D eigenvalue weighted by Gasteiger charge is -2.07. The molecule has 1 aromatic rings. The van der Waals surface area contributed by atoms with E-state index in [2.05, 4.69) is 12.4 Å². The highest BCUT2D eigenvalue weighted by molar-refractivity contribution is 5.24. The Morgan fingerprint density at radius 2 is 1.69 bits per heavy atom. The first-order valence-electron chi connectivity index (χ1n) is 3.62. The fraction of sp³-hybridized carbons (Fsp3) is 0.222. The second-order valence-electron chi connectivity index (χ2n) is 2.58. The van der Waals surface area contributed by atoms with Crippen LogP contribution in [-0.4, -0.2) is 0 Å². The Morgan fingerprint density at radius 3 is 2.08 bits per heavy atom. The minimum Gasteiger partial charge on any atom is -0.420 e. The van der Waals surface area contributed by atoms with Crippen molar-refractivity contribution in [1.82, 2.24) is 5.32 Å². The molecule has 0 atom stereocenters. The third-order valence-corrected chi connectivity index (χ3v) is 1.58. The zero-order valence-electron chi connectivity index (χ0n) is 6.80. The van der Waals surface area contributed by atoms with E-state index in [1.807, 2.05) is 0 Å². The summed E-state index contributed by atoms with van der Waals surface area (Å²) in [6.07, 6.45) is -4.26. The molecule has 71 valence electrons. The summed E-state index contributed by atoms with van der Waals surface area (Å²) in [6.45, 7) is 0.345. The summed E-state index contributed by atoms with van der Waals surface area (Å²) < 4.78 is 36.2. The quantitative estimate of drug-likeness (QED) is 0.632. The van der Waals surface area contributed by atoms with E-state index >= 15 is 0 Å². The molecule has 0 fully saturated rings. The van der Waals surface area contributed by atoms with Gasteiger partial charge in [-0.1, -0.05) is 12.1 Å². The van der Waals surface area contributed by atoms with Gasteiger partial charge in [-0.3, -0.25) is 7.05 Å². The number of hydrogen-bond donors (Lipinski definition) is 0. The number of benzene rings is 1. The van der Waals surface area contributed by atoms with E-state index in [9.17, 15) is 13.2 Å². The largest absolute Gasteiger partial charge is 0.420 e. The van der Waals surface area contributed by atoms with Crippen LogP contribution in [0.4, 0.5) is 13.2 Å². The molecule has 0 aliphatic carbocycles. The second-order valence-corrected chi connectivity index (χ2v) is 2.58. The fourth-order valence-corrected chi connectivity index (χ4v) is 0.928. The predicted molar refractivity (Wildman–Crippen MR) is 42.6 cm³/mol. The molecule has 0 aliphatic rings. The number of halogens is 3. The molecule has 0 amide bonds. The van der Waals surface area contributed by atoms with Crippen molar-refractivity contribution >= 4 is 0 Å². The van der Waals surface area contributed by atoms with Crippen LogP contribution < -0.4 is 5.32 Å². The van der Waals surface area contributed by atoms with Gasteiger partial charge in [0.25, 0.3) is 0 Å². The van der Waals surface area contributed by atoms with Crippen molar-refractivity contribution in [2.24, 2.45) is 0 Å². The highest BCUT2D eigenvalue weighted by atomic mass is 19.4. The maximum atomic E-state index is 12.1. The van der Waals surface area contributed by atoms with Crippen molar-refractivity contribution in [3.8, 4) is 0 Å². The number of hydrogen-bond acceptors (Lipinski definition) is 0. The van der Waals surface area contributed by atoms with E-state index in [4.69, 9.17) is 0 Å². The Morgan fingerprint density at radius 1 is 1.15 bits per heavy atom. The van der Waals surface area contributed by atoms with E-state index in [1.54, 1.807) is 0 Å². The maximum absolute atomic E-state index is 12.1. The van der Waals surface area contributed by atoms with Gasteiger partial charge in [0.1, 0.15) is 0 Å². The molecule has 0 heterocycles. The highest BCUT2D eigenvalue weighted by Gasteiger charge is 2.29. The summed E-state index contributed by atoms with van der Waals surface area (Å²) in [4.78, 5) is 0. The number of alkyl halides is 3. The summed E-state index contributed by atoms with van der Waals surface area (Å²) in [5.74, 6) is 0. The summed E-state index contributed by atoms with van der Waals surface area (Å²) >= 11 is 0. The molecule has 0 aromatic heterocycles. The van der Waals surface area contributed by atoms with Crippen LogP contribution in [0, 0.1) is 7.05 Å². The Bertz CT molecular complexity index is 263. The van der Waals surface area contributed by atoms with Crippen LogP contribution in [-0.2, 0) is 12.7 Å². The molecular weight excluding hydrogens is 179 g/mol. The molecule has 0 spiro atoms. The van der Waals surface area contributed by atoms with Gasteiger partial charge in [-0.25, -0.2) is 0 Å². The van der Waals surface area contributed by atoms with Gasteiger partial charge >= 0.3 is 6.18 Å². The smallest absolute Gasteiger partial charge is 0.416 e. The lowest BCUT2D eigenvalue weighted by molar-refractivity contribution is -0.137. The van der Waals surface area contributed by atoms with Gasteiger partial charge in [0.2, 0.25) is 0 Å². The van der Waals surface area contributed by atoms with Gasteiger partial charge in [0.05, 0.1) is 5.56 Å². The highest BCUT2D eigenvalue weighted by Crippen LogP contribution is 2.28. The lowest BCUT2D eigenvalue weighted by Crippen LogP contribution is -2.05. The van der Waals surface area contributed by atoms with Gasteiger partial charge in [-0.2, -0.15) is 13.2 Å². The van der Waals surface area contributed by atoms with Crippen molar-refractivity contribution in [3.05, 3.63) is 42.4 Å². The van der Waals surface area contributed by atoms with Crippen molar-refractivity contribution in [1.29, 1.82) is 0 Å². The van der Waals surface area contributed by atoms with Gasteiger partial charge in [0, 0.05) is 6.54 Å². The summed E-state index contributed by atoms with van der Waals surface area (Å²) in [7, 11) is 3.25. The average Bonchev–Trinajstić information content (AvgIpc) is 2.04. The second kappa shape index (κ2) is 3.79. The normalized spacial score (nSPS) is 11.7. The number of nitrogens with zero attached hydrogens (tertiary/aromatic N) is 1. The minimum atomic E-state index is -4.26. The van der Waals surface area contributed by atoms with E-state index in [0.29, 0.717) is 6.54 Å². The van der Waals surface area contributed by atoms with E-state index in [-0.39, 0.29) is 0 Å². The Labute approximate surface area is 74.6 Å². The Kier molecular flexibility index (Phi) is 2.93. The molecular formula is C9H8F3N-. The monoisotopic (exact) mass is 187 g/mol. The van der Waals surface area contributed by atoms with Crippen LogP contribution in [0.25, 0.3) is 0 Å². The molecule has 0 unspecified atom stereocenters. The van der Waals surface area contributed by atoms with E-state index in [1.165, 1.54) is 12.1 Å². The van der Waals surface area contributed by atoms with Gasteiger partial charge in [-0.05, 0) is 17.7 Å². The van der Waals surface area contributed by atoms with Crippen LogP contribution in [0.15, 0.2) is 24.3 Å². The molecule has 1 radical (unpaired) electrons. The molecule has 13 heavy (non-hydrogen) atoms. The third kappa shape index (κ3) is 2.73. The maximum Gasteiger partial charge on any atom is 0.416 e. The zero-order valence-corrected chi connectivity index (χ0v) is 6.80. The number of rotatable bonds is 2. The summed E-state index contributed by atoms with van der Waals surface area (Å²) in [6, 6.07) is 4.88. The van der Waals surface area contributed by atoms with Gasteiger partial charge in [-0.15, -0.1) is 0 Å². The van der Waals surface area contributed by atoms with Crippen molar-refractivity contribution < 1.29 is 13.2 Å². The van der Waals surface area contributed by atoms with Crippen molar-refractivity contribution in [3.63, 3.8) is 0 Å². The van der Waals surface area contributed by atoms with Crippen LogP contribution >= 0.6 is 0 Å². The predicted octanol–water partition coefficient (Wildman–Crippen LogP) is 2.60. The standard InChI is InChI=1S/C9H8F3N/c1-13-6-7-2-4-8(5-3-7)9(10,11)12/h2-5H,1,6H2/q-1. The molecule has 4 heteroatoms. The molecule has 1 nitrogen and oxygen atoms in total. The van der Waals surface area contributed by atoms with Gasteiger partial charge < -0.3 is 5.32 Å².